The van der Waals surface area contributed by atoms with Gasteiger partial charge in [-0.3, -0.25) is 15.4 Å². The lowest BCUT2D eigenvalue weighted by Crippen LogP contribution is -2.26. The first kappa shape index (κ1) is 20.1. The van der Waals surface area contributed by atoms with Crippen LogP contribution in [0.1, 0.15) is 24.3 Å². The minimum Gasteiger partial charge on any atom is -0.329 e. The molecule has 0 bridgehead atoms. The molecule has 1 aliphatic carbocycles. The van der Waals surface area contributed by atoms with E-state index in [0.29, 0.717) is 28.3 Å². The summed E-state index contributed by atoms with van der Waals surface area (Å²) in [5.41, 5.74) is 3.76. The fourth-order valence-electron chi connectivity index (χ4n) is 4.03. The number of hydrogen-bond donors (Lipinski definition) is 2. The van der Waals surface area contributed by atoms with Crippen LogP contribution in [0, 0.1) is 22.5 Å². The molecule has 7 heteroatoms. The van der Waals surface area contributed by atoms with Crippen molar-refractivity contribution in [1.29, 1.82) is 10.8 Å². The molecule has 1 heterocycles. The molecule has 0 unspecified atom stereocenters. The van der Waals surface area contributed by atoms with Crippen LogP contribution in [0.2, 0.25) is 0 Å². The lowest BCUT2D eigenvalue weighted by Gasteiger charge is -2.22. The van der Waals surface area contributed by atoms with E-state index in [1.165, 1.54) is 53.3 Å². The highest BCUT2D eigenvalue weighted by molar-refractivity contribution is 5.94. The Labute approximate surface area is 183 Å². The second kappa shape index (κ2) is 7.67. The van der Waals surface area contributed by atoms with Crippen LogP contribution in [0.25, 0.3) is 22.0 Å². The highest BCUT2D eigenvalue weighted by Gasteiger charge is 2.23. The number of halogens is 2. The molecule has 32 heavy (non-hydrogen) atoms. The summed E-state index contributed by atoms with van der Waals surface area (Å²) < 4.78 is 29.9. The fourth-order valence-corrected chi connectivity index (χ4v) is 4.03. The Morgan fingerprint density at radius 1 is 0.969 bits per heavy atom. The molecule has 0 aliphatic heterocycles. The molecule has 5 rings (SSSR count). The molecule has 0 amide bonds. The Morgan fingerprint density at radius 3 is 2.41 bits per heavy atom. The van der Waals surface area contributed by atoms with E-state index in [1.54, 1.807) is 11.9 Å². The molecule has 3 aromatic carbocycles. The molecule has 1 fully saturated rings. The number of anilines is 2. The van der Waals surface area contributed by atoms with E-state index in [-0.39, 0.29) is 5.62 Å². The molecule has 1 saturated carbocycles. The summed E-state index contributed by atoms with van der Waals surface area (Å²) in [7, 11) is 1.70. The summed E-state index contributed by atoms with van der Waals surface area (Å²) in [6.07, 6.45) is 3.41. The molecular formula is C25H21F2N5. The van der Waals surface area contributed by atoms with E-state index in [1.807, 2.05) is 18.2 Å². The Hall–Kier alpha value is -3.87. The molecule has 0 radical (unpaired) electrons. The third kappa shape index (κ3) is 3.56. The number of aromatic nitrogens is 2. The van der Waals surface area contributed by atoms with E-state index < -0.39 is 11.6 Å². The third-order valence-electron chi connectivity index (χ3n) is 5.91. The highest BCUT2D eigenvalue weighted by Crippen LogP contribution is 2.40. The number of fused-ring (bicyclic) bond motifs is 1. The molecule has 1 aliphatic rings. The number of rotatable bonds is 5. The summed E-state index contributed by atoms with van der Waals surface area (Å²) in [6.45, 7) is 0. The predicted octanol–water partition coefficient (Wildman–Crippen LogP) is 5.56. The fraction of sp³-hybridized carbons (Fsp3) is 0.160. The van der Waals surface area contributed by atoms with Crippen LogP contribution < -0.4 is 10.5 Å². The van der Waals surface area contributed by atoms with Gasteiger partial charge in [0.1, 0.15) is 17.5 Å². The van der Waals surface area contributed by atoms with Gasteiger partial charge in [-0.05, 0) is 71.8 Å². The normalized spacial score (nSPS) is 13.3. The summed E-state index contributed by atoms with van der Waals surface area (Å²) in [5.74, 6) is 0.101. The van der Waals surface area contributed by atoms with Gasteiger partial charge in [0.25, 0.3) is 0 Å². The smallest absolute Gasteiger partial charge is 0.229 e. The average Bonchev–Trinajstić information content (AvgIpc) is 3.63. The maximum atomic E-state index is 14.6. The topological polar surface area (TPSA) is 68.8 Å². The monoisotopic (exact) mass is 429 g/mol. The van der Waals surface area contributed by atoms with Crippen molar-refractivity contribution in [3.05, 3.63) is 83.5 Å². The maximum absolute atomic E-state index is 14.6. The van der Waals surface area contributed by atoms with Crippen molar-refractivity contribution >= 4 is 28.7 Å². The van der Waals surface area contributed by atoms with Gasteiger partial charge in [0.05, 0.1) is 11.9 Å². The van der Waals surface area contributed by atoms with E-state index >= 15 is 0 Å². The third-order valence-corrected chi connectivity index (χ3v) is 5.91. The van der Waals surface area contributed by atoms with E-state index in [9.17, 15) is 8.78 Å². The summed E-state index contributed by atoms with van der Waals surface area (Å²) in [6, 6.07) is 17.0. The zero-order valence-electron chi connectivity index (χ0n) is 17.4. The minimum atomic E-state index is -0.459. The molecule has 2 N–H and O–H groups in total. The van der Waals surface area contributed by atoms with Gasteiger partial charge in [-0.1, -0.05) is 24.3 Å². The lowest BCUT2D eigenvalue weighted by molar-refractivity contribution is 0.628. The van der Waals surface area contributed by atoms with Crippen molar-refractivity contribution in [3.8, 4) is 11.1 Å². The van der Waals surface area contributed by atoms with Crippen molar-refractivity contribution in [3.63, 3.8) is 0 Å². The molecule has 5 nitrogen and oxygen atoms in total. The Morgan fingerprint density at radius 2 is 1.72 bits per heavy atom. The molecule has 0 spiro atoms. The first-order chi connectivity index (χ1) is 15.4. The number of nitrogens with zero attached hydrogens (tertiary/aromatic N) is 3. The van der Waals surface area contributed by atoms with Crippen molar-refractivity contribution in [2.45, 2.75) is 18.8 Å². The zero-order chi connectivity index (χ0) is 22.4. The largest absolute Gasteiger partial charge is 0.329 e. The van der Waals surface area contributed by atoms with Crippen LogP contribution in [-0.2, 0) is 0 Å². The van der Waals surface area contributed by atoms with Crippen molar-refractivity contribution in [2.24, 2.45) is 0 Å². The Balaban J connectivity index is 1.61. The number of benzene rings is 3. The zero-order valence-corrected chi connectivity index (χ0v) is 17.4. The standard InChI is InChI=1S/C25H21F2N5/c1-31(24-22-13-19(26)8-9-23(22)32(14-28)25(29)30-24)21-11-18(10-20(27)12-21)17-6-4-16(5-7-17)15-2-3-15/h4-15,28-29H,2-3H2,1H3. The number of hydrogen-bond acceptors (Lipinski definition) is 4. The molecular weight excluding hydrogens is 408 g/mol. The SMILES string of the molecule is CN(c1cc(F)cc(-c2ccc(C3CC3)cc2)c1)c1nc(=N)n(C=N)c2ccc(F)cc12. The second-order valence-electron chi connectivity index (χ2n) is 8.07. The van der Waals surface area contributed by atoms with Crippen LogP contribution in [-0.4, -0.2) is 22.9 Å². The van der Waals surface area contributed by atoms with Crippen LogP contribution >= 0.6 is 0 Å². The first-order valence-electron chi connectivity index (χ1n) is 10.4. The van der Waals surface area contributed by atoms with Gasteiger partial charge in [-0.2, -0.15) is 4.98 Å². The van der Waals surface area contributed by atoms with Crippen molar-refractivity contribution in [1.82, 2.24) is 9.55 Å². The van der Waals surface area contributed by atoms with Crippen LogP contribution in [0.4, 0.5) is 20.3 Å². The highest BCUT2D eigenvalue weighted by atomic mass is 19.1. The van der Waals surface area contributed by atoms with Gasteiger partial charge < -0.3 is 4.90 Å². The average molecular weight is 429 g/mol. The van der Waals surface area contributed by atoms with E-state index in [4.69, 9.17) is 10.8 Å². The van der Waals surface area contributed by atoms with Gasteiger partial charge in [-0.15, -0.1) is 0 Å². The molecule has 4 aromatic rings. The molecule has 0 atom stereocenters. The summed E-state index contributed by atoms with van der Waals surface area (Å²) in [4.78, 5) is 5.91. The van der Waals surface area contributed by atoms with Crippen LogP contribution in [0.5, 0.6) is 0 Å². The summed E-state index contributed by atoms with van der Waals surface area (Å²) in [5, 5.41) is 16.2. The van der Waals surface area contributed by atoms with Gasteiger partial charge in [-0.25, -0.2) is 8.78 Å². The van der Waals surface area contributed by atoms with Crippen molar-refractivity contribution < 1.29 is 8.78 Å². The minimum absolute atomic E-state index is 0.173. The maximum Gasteiger partial charge on any atom is 0.229 e. The predicted molar refractivity (Wildman–Crippen MR) is 122 cm³/mol. The van der Waals surface area contributed by atoms with Gasteiger partial charge >= 0.3 is 0 Å². The van der Waals surface area contributed by atoms with Gasteiger partial charge in [0, 0.05) is 18.1 Å². The molecule has 1 aromatic heterocycles. The van der Waals surface area contributed by atoms with E-state index in [0.717, 1.165) is 17.5 Å². The molecule has 160 valence electrons. The first-order valence-corrected chi connectivity index (χ1v) is 10.4. The van der Waals surface area contributed by atoms with Gasteiger partial charge in [0.2, 0.25) is 5.62 Å². The van der Waals surface area contributed by atoms with Crippen molar-refractivity contribution in [2.75, 3.05) is 11.9 Å². The molecule has 0 saturated heterocycles. The van der Waals surface area contributed by atoms with Crippen LogP contribution in [0.15, 0.2) is 60.7 Å². The Kier molecular flexibility index (Phi) is 4.81. The quantitative estimate of drug-likeness (QED) is 0.322. The number of nitrogens with one attached hydrogen (secondary N) is 2. The van der Waals surface area contributed by atoms with Crippen LogP contribution in [0.3, 0.4) is 0 Å². The summed E-state index contributed by atoms with van der Waals surface area (Å²) >= 11 is 0. The Bertz CT molecular complexity index is 1400. The lowest BCUT2D eigenvalue weighted by atomic mass is 10.0. The van der Waals surface area contributed by atoms with Gasteiger partial charge in [0.15, 0.2) is 0 Å². The van der Waals surface area contributed by atoms with E-state index in [2.05, 4.69) is 17.1 Å². The second-order valence-corrected chi connectivity index (χ2v) is 8.07.